The van der Waals surface area contributed by atoms with Crippen LogP contribution in [-0.4, -0.2) is 31.6 Å². The number of ether oxygens (including phenoxy) is 2. The van der Waals surface area contributed by atoms with Gasteiger partial charge in [-0.1, -0.05) is 46.3 Å². The van der Waals surface area contributed by atoms with Gasteiger partial charge >= 0.3 is 6.03 Å². The molecule has 178 valence electrons. The molecule has 0 spiro atoms. The molecular weight excluding hydrogens is 512 g/mol. The van der Waals surface area contributed by atoms with Gasteiger partial charge in [-0.15, -0.1) is 0 Å². The lowest BCUT2D eigenvalue weighted by atomic mass is 10.0. The van der Waals surface area contributed by atoms with E-state index < -0.39 is 17.8 Å². The van der Waals surface area contributed by atoms with E-state index in [9.17, 15) is 14.4 Å². The van der Waals surface area contributed by atoms with Gasteiger partial charge in [0.2, 0.25) is 0 Å². The van der Waals surface area contributed by atoms with Gasteiger partial charge in [-0.3, -0.25) is 14.9 Å². The fourth-order valence-electron chi connectivity index (χ4n) is 3.73. The van der Waals surface area contributed by atoms with Crippen molar-refractivity contribution in [3.05, 3.63) is 93.5 Å². The number of hydrogen-bond donors (Lipinski definition) is 1. The third-order valence-corrected chi connectivity index (χ3v) is 6.25. The maximum atomic E-state index is 13.2. The van der Waals surface area contributed by atoms with E-state index in [2.05, 4.69) is 21.2 Å². The van der Waals surface area contributed by atoms with E-state index in [-0.39, 0.29) is 5.57 Å². The highest BCUT2D eigenvalue weighted by Crippen LogP contribution is 2.29. The number of benzene rings is 3. The van der Waals surface area contributed by atoms with Crippen LogP contribution >= 0.6 is 15.9 Å². The monoisotopic (exact) mass is 534 g/mol. The first-order valence-corrected chi connectivity index (χ1v) is 11.7. The number of anilines is 1. The van der Waals surface area contributed by atoms with Crippen LogP contribution in [0, 0.1) is 0 Å². The summed E-state index contributed by atoms with van der Waals surface area (Å²) >= 11 is 3.58. The summed E-state index contributed by atoms with van der Waals surface area (Å²) in [5, 5.41) is 2.24. The number of barbiturate groups is 1. The molecule has 0 atom stereocenters. The molecule has 4 amide bonds. The summed E-state index contributed by atoms with van der Waals surface area (Å²) < 4.78 is 12.0. The van der Waals surface area contributed by atoms with Crippen molar-refractivity contribution < 1.29 is 23.9 Å². The summed E-state index contributed by atoms with van der Waals surface area (Å²) in [5.41, 5.74) is 2.85. The number of imide groups is 2. The van der Waals surface area contributed by atoms with Crippen molar-refractivity contribution in [3.63, 3.8) is 0 Å². The molecule has 0 saturated carbocycles. The highest BCUT2D eigenvalue weighted by atomic mass is 79.9. The van der Waals surface area contributed by atoms with Gasteiger partial charge in [0, 0.05) is 10.9 Å². The van der Waals surface area contributed by atoms with Gasteiger partial charge in [-0.2, -0.15) is 0 Å². The predicted molar refractivity (Wildman–Crippen MR) is 137 cm³/mol. The normalized spacial score (nSPS) is 14.8. The molecule has 0 unspecified atom stereocenters. The topological polar surface area (TPSA) is 84.9 Å². The van der Waals surface area contributed by atoms with Gasteiger partial charge in [0.05, 0.1) is 19.4 Å². The Morgan fingerprint density at radius 2 is 1.71 bits per heavy atom. The van der Waals surface area contributed by atoms with E-state index in [1.807, 2.05) is 43.3 Å². The maximum absolute atomic E-state index is 13.2. The van der Waals surface area contributed by atoms with E-state index in [0.717, 1.165) is 20.5 Å². The summed E-state index contributed by atoms with van der Waals surface area (Å²) in [6.07, 6.45) is 2.11. The van der Waals surface area contributed by atoms with Crippen LogP contribution < -0.4 is 19.7 Å². The minimum absolute atomic E-state index is 0.151. The molecule has 3 aromatic rings. The lowest BCUT2D eigenvalue weighted by molar-refractivity contribution is -0.122. The minimum Gasteiger partial charge on any atom is -0.497 e. The van der Waals surface area contributed by atoms with Crippen molar-refractivity contribution in [2.75, 3.05) is 18.6 Å². The zero-order chi connectivity index (χ0) is 24.9. The van der Waals surface area contributed by atoms with Gasteiger partial charge in [0.1, 0.15) is 17.1 Å². The van der Waals surface area contributed by atoms with Gasteiger partial charge in [-0.05, 0) is 66.1 Å². The molecule has 1 N–H and O–H groups in total. The summed E-state index contributed by atoms with van der Waals surface area (Å²) in [6, 6.07) is 19.1. The molecule has 1 aliphatic heterocycles. The Hall–Kier alpha value is -3.91. The van der Waals surface area contributed by atoms with E-state index in [4.69, 9.17) is 9.47 Å². The van der Waals surface area contributed by atoms with Gasteiger partial charge in [0.25, 0.3) is 11.8 Å². The molecular formula is C27H23BrN2O5. The molecule has 7 nitrogen and oxygen atoms in total. The number of carbonyl (C=O) groups is 3. The van der Waals surface area contributed by atoms with Crippen molar-refractivity contribution in [2.45, 2.75) is 13.3 Å². The van der Waals surface area contributed by atoms with Gasteiger partial charge < -0.3 is 9.47 Å². The van der Waals surface area contributed by atoms with Gasteiger partial charge in [0.15, 0.2) is 0 Å². The second-order valence-electron chi connectivity index (χ2n) is 7.72. The number of urea groups is 1. The van der Waals surface area contributed by atoms with Crippen molar-refractivity contribution in [1.29, 1.82) is 0 Å². The van der Waals surface area contributed by atoms with Crippen LogP contribution in [0.5, 0.6) is 11.5 Å². The molecule has 8 heteroatoms. The second kappa shape index (κ2) is 10.6. The van der Waals surface area contributed by atoms with Crippen LogP contribution in [0.3, 0.4) is 0 Å². The van der Waals surface area contributed by atoms with Crippen LogP contribution in [0.25, 0.3) is 6.08 Å². The Balaban J connectivity index is 1.66. The number of nitrogens with zero attached hydrogens (tertiary/aromatic N) is 1. The molecule has 0 aliphatic carbocycles. The van der Waals surface area contributed by atoms with E-state index in [1.54, 1.807) is 30.3 Å². The lowest BCUT2D eigenvalue weighted by Gasteiger charge is -2.26. The zero-order valence-corrected chi connectivity index (χ0v) is 20.8. The summed E-state index contributed by atoms with van der Waals surface area (Å²) in [7, 11) is 1.52. The third-order valence-electron chi connectivity index (χ3n) is 5.47. The quantitative estimate of drug-likeness (QED) is 0.336. The first kappa shape index (κ1) is 24.2. The number of nitrogens with one attached hydrogen (secondary N) is 1. The molecule has 0 radical (unpaired) electrons. The Kier molecular flexibility index (Phi) is 7.31. The number of halogens is 1. The minimum atomic E-state index is -0.805. The Bertz CT molecular complexity index is 1320. The smallest absolute Gasteiger partial charge is 0.335 e. The standard InChI is InChI=1S/C27H23BrN2O5/c1-3-35-24-15-17(8-9-19(24)16-18-6-4-5-7-23(18)28)14-22-25(31)29-27(33)30(26(22)32)20-10-12-21(34-2)13-11-20/h4-15H,3,16H2,1-2H3,(H,29,31,33)/b22-14+. The first-order valence-electron chi connectivity index (χ1n) is 11.0. The van der Waals surface area contributed by atoms with Crippen LogP contribution in [0.1, 0.15) is 23.6 Å². The number of methoxy groups -OCH3 is 1. The molecule has 4 rings (SSSR count). The highest BCUT2D eigenvalue weighted by molar-refractivity contribution is 9.10. The zero-order valence-electron chi connectivity index (χ0n) is 19.2. The van der Waals surface area contributed by atoms with E-state index in [1.165, 1.54) is 13.2 Å². The van der Waals surface area contributed by atoms with Crippen molar-refractivity contribution in [1.82, 2.24) is 5.32 Å². The molecule has 35 heavy (non-hydrogen) atoms. The molecule has 1 fully saturated rings. The molecule has 0 aromatic heterocycles. The Morgan fingerprint density at radius 3 is 2.40 bits per heavy atom. The van der Waals surface area contributed by atoms with Crippen LogP contribution in [0.15, 0.2) is 76.8 Å². The average molecular weight is 535 g/mol. The lowest BCUT2D eigenvalue weighted by Crippen LogP contribution is -2.54. The van der Waals surface area contributed by atoms with Crippen LogP contribution in [0.4, 0.5) is 10.5 Å². The number of carbonyl (C=O) groups excluding carboxylic acids is 3. The second-order valence-corrected chi connectivity index (χ2v) is 8.58. The van der Waals surface area contributed by atoms with E-state index >= 15 is 0 Å². The molecule has 1 heterocycles. The number of amides is 4. The average Bonchev–Trinajstić information content (AvgIpc) is 2.85. The Labute approximate surface area is 211 Å². The molecule has 0 bridgehead atoms. The van der Waals surface area contributed by atoms with Crippen molar-refractivity contribution >= 4 is 45.5 Å². The predicted octanol–water partition coefficient (Wildman–Crippen LogP) is 5.11. The number of rotatable bonds is 7. The maximum Gasteiger partial charge on any atom is 0.335 e. The van der Waals surface area contributed by atoms with Gasteiger partial charge in [-0.25, -0.2) is 9.69 Å². The molecule has 1 saturated heterocycles. The summed E-state index contributed by atoms with van der Waals surface area (Å²) in [4.78, 5) is 39.1. The van der Waals surface area contributed by atoms with E-state index in [0.29, 0.717) is 35.8 Å². The number of hydrogen-bond acceptors (Lipinski definition) is 5. The summed E-state index contributed by atoms with van der Waals surface area (Å²) in [6.45, 7) is 2.35. The fraction of sp³-hybridized carbons (Fsp3) is 0.148. The van der Waals surface area contributed by atoms with Crippen molar-refractivity contribution in [3.8, 4) is 11.5 Å². The third kappa shape index (κ3) is 5.27. The Morgan fingerprint density at radius 1 is 0.971 bits per heavy atom. The van der Waals surface area contributed by atoms with Crippen molar-refractivity contribution in [2.24, 2.45) is 0 Å². The first-order chi connectivity index (χ1) is 16.9. The molecule has 3 aromatic carbocycles. The highest BCUT2D eigenvalue weighted by Gasteiger charge is 2.36. The SMILES string of the molecule is CCOc1cc(/C=C2\C(=O)NC(=O)N(c3ccc(OC)cc3)C2=O)ccc1Cc1ccccc1Br. The molecule has 1 aliphatic rings. The fourth-order valence-corrected chi connectivity index (χ4v) is 4.16. The largest absolute Gasteiger partial charge is 0.497 e. The summed E-state index contributed by atoms with van der Waals surface area (Å²) in [5.74, 6) is -0.222. The van der Waals surface area contributed by atoms with Crippen LogP contribution in [-0.2, 0) is 16.0 Å². The van der Waals surface area contributed by atoms with Crippen LogP contribution in [0.2, 0.25) is 0 Å².